The Hall–Kier alpha value is -1.62. The van der Waals surface area contributed by atoms with Gasteiger partial charge in [-0.2, -0.15) is 0 Å². The topological polar surface area (TPSA) is 52.6 Å². The van der Waals surface area contributed by atoms with Gasteiger partial charge < -0.3 is 15.3 Å². The second-order valence-electron chi connectivity index (χ2n) is 6.20. The number of fused-ring (bicyclic) bond motifs is 1. The highest BCUT2D eigenvalue weighted by molar-refractivity contribution is 5.75. The molecule has 22 heavy (non-hydrogen) atoms. The molecular formula is C17H23FN2O2. The molecule has 0 aliphatic heterocycles. The summed E-state index contributed by atoms with van der Waals surface area (Å²) in [5, 5.41) is 12.0. The molecular weight excluding hydrogens is 283 g/mol. The summed E-state index contributed by atoms with van der Waals surface area (Å²) in [6.07, 6.45) is 5.09. The second-order valence-corrected chi connectivity index (χ2v) is 6.20. The van der Waals surface area contributed by atoms with E-state index in [4.69, 9.17) is 5.11 Å². The largest absolute Gasteiger partial charge is 0.396 e. The van der Waals surface area contributed by atoms with Crippen LogP contribution in [0, 0.1) is 5.82 Å². The van der Waals surface area contributed by atoms with Crippen LogP contribution in [-0.2, 0) is 6.42 Å². The highest BCUT2D eigenvalue weighted by atomic mass is 19.1. The van der Waals surface area contributed by atoms with Crippen molar-refractivity contribution in [1.29, 1.82) is 0 Å². The van der Waals surface area contributed by atoms with Crippen molar-refractivity contribution in [1.82, 2.24) is 10.2 Å². The van der Waals surface area contributed by atoms with Crippen LogP contribution in [0.2, 0.25) is 0 Å². The summed E-state index contributed by atoms with van der Waals surface area (Å²) in [5.41, 5.74) is 1.66. The fraction of sp³-hybridized carbons (Fsp3) is 0.588. The third kappa shape index (κ3) is 3.24. The van der Waals surface area contributed by atoms with Crippen molar-refractivity contribution in [2.45, 2.75) is 50.6 Å². The average molecular weight is 306 g/mol. The number of halogens is 1. The summed E-state index contributed by atoms with van der Waals surface area (Å²) < 4.78 is 13.8. The lowest BCUT2D eigenvalue weighted by molar-refractivity contribution is 0.186. The molecule has 1 aromatic carbocycles. The van der Waals surface area contributed by atoms with Crippen molar-refractivity contribution < 1.29 is 14.3 Å². The lowest BCUT2D eigenvalue weighted by atomic mass is 10.1. The molecule has 2 amide bonds. The lowest BCUT2D eigenvalue weighted by Crippen LogP contribution is -2.43. The maximum absolute atomic E-state index is 13.8. The zero-order valence-electron chi connectivity index (χ0n) is 12.7. The van der Waals surface area contributed by atoms with E-state index in [0.717, 1.165) is 36.8 Å². The number of benzene rings is 1. The maximum atomic E-state index is 13.8. The van der Waals surface area contributed by atoms with Gasteiger partial charge in [-0.25, -0.2) is 9.18 Å². The number of hydrogen-bond donors (Lipinski definition) is 2. The van der Waals surface area contributed by atoms with Crippen molar-refractivity contribution in [2.24, 2.45) is 0 Å². The Kier molecular flexibility index (Phi) is 4.62. The highest BCUT2D eigenvalue weighted by Gasteiger charge is 2.34. The number of unbranched alkanes of at least 4 members (excludes halogenated alkanes) is 1. The lowest BCUT2D eigenvalue weighted by Gasteiger charge is -2.25. The number of rotatable bonds is 6. The van der Waals surface area contributed by atoms with Gasteiger partial charge in [0.2, 0.25) is 0 Å². The maximum Gasteiger partial charge on any atom is 0.318 e. The Labute approximate surface area is 130 Å². The smallest absolute Gasteiger partial charge is 0.318 e. The first kappa shape index (κ1) is 15.3. The number of amides is 2. The van der Waals surface area contributed by atoms with E-state index in [-0.39, 0.29) is 24.5 Å². The molecule has 5 heteroatoms. The molecule has 0 radical (unpaired) electrons. The van der Waals surface area contributed by atoms with Gasteiger partial charge in [0, 0.05) is 19.2 Å². The molecule has 0 saturated heterocycles. The molecule has 3 rings (SSSR count). The minimum Gasteiger partial charge on any atom is -0.396 e. The molecule has 1 unspecified atom stereocenters. The van der Waals surface area contributed by atoms with E-state index in [1.807, 2.05) is 11.0 Å². The number of nitrogens with zero attached hydrogens (tertiary/aromatic N) is 1. The van der Waals surface area contributed by atoms with Gasteiger partial charge in [0.1, 0.15) is 5.82 Å². The third-order valence-electron chi connectivity index (χ3n) is 4.57. The van der Waals surface area contributed by atoms with E-state index < -0.39 is 0 Å². The second kappa shape index (κ2) is 6.65. The molecule has 1 saturated carbocycles. The molecule has 2 N–H and O–H groups in total. The Morgan fingerprint density at radius 1 is 1.32 bits per heavy atom. The molecule has 1 atom stereocenters. The predicted octanol–water partition coefficient (Wildman–Crippen LogP) is 2.76. The number of aliphatic hydroxyl groups excluding tert-OH is 1. The summed E-state index contributed by atoms with van der Waals surface area (Å²) >= 11 is 0. The molecule has 0 aromatic heterocycles. The molecule has 1 fully saturated rings. The highest BCUT2D eigenvalue weighted by Crippen LogP contribution is 2.33. The van der Waals surface area contributed by atoms with Gasteiger partial charge >= 0.3 is 6.03 Å². The van der Waals surface area contributed by atoms with Gasteiger partial charge in [0.25, 0.3) is 0 Å². The zero-order chi connectivity index (χ0) is 15.5. The molecule has 0 spiro atoms. The third-order valence-corrected chi connectivity index (χ3v) is 4.57. The van der Waals surface area contributed by atoms with E-state index in [1.165, 1.54) is 6.07 Å². The van der Waals surface area contributed by atoms with Gasteiger partial charge in [-0.15, -0.1) is 0 Å². The number of urea groups is 1. The summed E-state index contributed by atoms with van der Waals surface area (Å²) in [4.78, 5) is 14.4. The van der Waals surface area contributed by atoms with Gasteiger partial charge in [-0.1, -0.05) is 12.1 Å². The Morgan fingerprint density at radius 3 is 2.86 bits per heavy atom. The summed E-state index contributed by atoms with van der Waals surface area (Å²) in [7, 11) is 0. The van der Waals surface area contributed by atoms with Crippen LogP contribution >= 0.6 is 0 Å². The standard InChI is InChI=1S/C17H23FN2O2/c18-15-5-3-4-14-13(15)8-9-16(14)19-17(22)20(12-6-7-12)10-1-2-11-21/h3-5,12,16,21H,1-2,6-11H2,(H,19,22). The van der Waals surface area contributed by atoms with Crippen molar-refractivity contribution in [3.8, 4) is 0 Å². The quantitative estimate of drug-likeness (QED) is 0.794. The van der Waals surface area contributed by atoms with Crippen LogP contribution in [0.1, 0.15) is 49.3 Å². The zero-order valence-corrected chi connectivity index (χ0v) is 12.7. The molecule has 120 valence electrons. The molecule has 2 aliphatic carbocycles. The van der Waals surface area contributed by atoms with Crippen LogP contribution < -0.4 is 5.32 Å². The molecule has 4 nitrogen and oxygen atoms in total. The minimum atomic E-state index is -0.170. The summed E-state index contributed by atoms with van der Waals surface area (Å²) in [6, 6.07) is 5.29. The number of carbonyl (C=O) groups is 1. The number of hydrogen-bond acceptors (Lipinski definition) is 2. The van der Waals surface area contributed by atoms with Crippen molar-refractivity contribution >= 4 is 6.03 Å². The van der Waals surface area contributed by atoms with Gasteiger partial charge in [0.05, 0.1) is 6.04 Å². The van der Waals surface area contributed by atoms with Crippen molar-refractivity contribution in [3.05, 3.63) is 35.1 Å². The van der Waals surface area contributed by atoms with E-state index in [9.17, 15) is 9.18 Å². The first-order valence-corrected chi connectivity index (χ1v) is 8.16. The monoisotopic (exact) mass is 306 g/mol. The van der Waals surface area contributed by atoms with Crippen molar-refractivity contribution in [3.63, 3.8) is 0 Å². The van der Waals surface area contributed by atoms with E-state index >= 15 is 0 Å². The normalized spacial score (nSPS) is 19.8. The van der Waals surface area contributed by atoms with Gasteiger partial charge in [-0.3, -0.25) is 0 Å². The van der Waals surface area contributed by atoms with E-state index in [0.29, 0.717) is 25.4 Å². The molecule has 2 aliphatic rings. The average Bonchev–Trinajstić information content (AvgIpc) is 3.26. The number of nitrogens with one attached hydrogen (secondary N) is 1. The van der Waals surface area contributed by atoms with E-state index in [1.54, 1.807) is 6.07 Å². The Bertz CT molecular complexity index is 545. The summed E-state index contributed by atoms with van der Waals surface area (Å²) in [5.74, 6) is -0.170. The SMILES string of the molecule is O=C(NC1CCc2c(F)cccc21)N(CCCCO)C1CC1. The Balaban J connectivity index is 1.63. The predicted molar refractivity (Wildman–Crippen MR) is 82.0 cm³/mol. The van der Waals surface area contributed by atoms with Gasteiger partial charge in [0.15, 0.2) is 0 Å². The van der Waals surface area contributed by atoms with Crippen LogP contribution in [0.4, 0.5) is 9.18 Å². The first-order chi connectivity index (χ1) is 10.7. The van der Waals surface area contributed by atoms with Gasteiger partial charge in [-0.05, 0) is 55.7 Å². The molecule has 0 bridgehead atoms. The van der Waals surface area contributed by atoms with Crippen LogP contribution in [0.25, 0.3) is 0 Å². The Morgan fingerprint density at radius 2 is 2.14 bits per heavy atom. The summed E-state index contributed by atoms with van der Waals surface area (Å²) in [6.45, 7) is 0.842. The van der Waals surface area contributed by atoms with Crippen LogP contribution in [0.15, 0.2) is 18.2 Å². The molecule has 1 aromatic rings. The fourth-order valence-electron chi connectivity index (χ4n) is 3.22. The minimum absolute atomic E-state index is 0.0532. The van der Waals surface area contributed by atoms with Crippen LogP contribution in [-0.4, -0.2) is 35.2 Å². The fourth-order valence-corrected chi connectivity index (χ4v) is 3.22. The molecule has 0 heterocycles. The first-order valence-electron chi connectivity index (χ1n) is 8.16. The van der Waals surface area contributed by atoms with Crippen molar-refractivity contribution in [2.75, 3.05) is 13.2 Å². The number of aliphatic hydroxyl groups is 1. The number of carbonyl (C=O) groups excluding carboxylic acids is 1. The van der Waals surface area contributed by atoms with Crippen LogP contribution in [0.5, 0.6) is 0 Å². The van der Waals surface area contributed by atoms with E-state index in [2.05, 4.69) is 5.32 Å². The van der Waals surface area contributed by atoms with Crippen LogP contribution in [0.3, 0.4) is 0 Å².